The van der Waals surface area contributed by atoms with Crippen LogP contribution in [0.1, 0.15) is 39.5 Å². The minimum atomic E-state index is 0.426. The number of nitrogens with zero attached hydrogens (tertiary/aromatic N) is 1. The van der Waals surface area contributed by atoms with Gasteiger partial charge in [0, 0.05) is 12.6 Å². The van der Waals surface area contributed by atoms with Gasteiger partial charge < -0.3 is 10.6 Å². The molecule has 1 fully saturated rings. The van der Waals surface area contributed by atoms with Crippen LogP contribution in [0.3, 0.4) is 0 Å². The molecule has 0 aliphatic carbocycles. The standard InChI is InChI=1S/C11H24N2/c1-10(2)6-8-13-7-4-3-5-11(12)9-13/h10-11H,3-9,12H2,1-2H3. The molecule has 0 saturated carbocycles. The van der Waals surface area contributed by atoms with Crippen LogP contribution in [-0.4, -0.2) is 30.6 Å². The first kappa shape index (κ1) is 11.0. The fourth-order valence-electron chi connectivity index (χ4n) is 1.90. The number of likely N-dealkylation sites (tertiary alicyclic amines) is 1. The van der Waals surface area contributed by atoms with Gasteiger partial charge in [0.1, 0.15) is 0 Å². The van der Waals surface area contributed by atoms with Crippen LogP contribution in [0.15, 0.2) is 0 Å². The molecule has 0 bridgehead atoms. The van der Waals surface area contributed by atoms with E-state index in [-0.39, 0.29) is 0 Å². The molecule has 2 N–H and O–H groups in total. The van der Waals surface area contributed by atoms with E-state index in [1.807, 2.05) is 0 Å². The van der Waals surface area contributed by atoms with Crippen LogP contribution >= 0.6 is 0 Å². The van der Waals surface area contributed by atoms with Crippen molar-refractivity contribution >= 4 is 0 Å². The summed E-state index contributed by atoms with van der Waals surface area (Å²) < 4.78 is 0. The van der Waals surface area contributed by atoms with Gasteiger partial charge in [0.05, 0.1) is 0 Å². The molecule has 1 saturated heterocycles. The van der Waals surface area contributed by atoms with Gasteiger partial charge in [0.25, 0.3) is 0 Å². The van der Waals surface area contributed by atoms with Gasteiger partial charge in [-0.15, -0.1) is 0 Å². The summed E-state index contributed by atoms with van der Waals surface area (Å²) >= 11 is 0. The highest BCUT2D eigenvalue weighted by molar-refractivity contribution is 4.73. The molecular formula is C11H24N2. The van der Waals surface area contributed by atoms with Crippen molar-refractivity contribution in [3.8, 4) is 0 Å². The molecule has 78 valence electrons. The van der Waals surface area contributed by atoms with Gasteiger partial charge >= 0.3 is 0 Å². The Bertz CT molecular complexity index is 134. The Morgan fingerprint density at radius 1 is 1.38 bits per heavy atom. The first-order chi connectivity index (χ1) is 6.18. The molecule has 1 unspecified atom stereocenters. The predicted octanol–water partition coefficient (Wildman–Crippen LogP) is 1.85. The second-order valence-electron chi connectivity index (χ2n) is 4.74. The maximum absolute atomic E-state index is 5.99. The largest absolute Gasteiger partial charge is 0.327 e. The van der Waals surface area contributed by atoms with Gasteiger partial charge in [-0.1, -0.05) is 20.3 Å². The molecule has 2 heteroatoms. The molecule has 1 rings (SSSR count). The zero-order valence-electron chi connectivity index (χ0n) is 9.13. The summed E-state index contributed by atoms with van der Waals surface area (Å²) in [4.78, 5) is 2.54. The molecule has 0 aromatic heterocycles. The van der Waals surface area contributed by atoms with Crippen molar-refractivity contribution in [3.63, 3.8) is 0 Å². The molecule has 0 amide bonds. The molecule has 1 heterocycles. The zero-order valence-corrected chi connectivity index (χ0v) is 9.13. The molecule has 1 aliphatic heterocycles. The first-order valence-corrected chi connectivity index (χ1v) is 5.66. The zero-order chi connectivity index (χ0) is 9.68. The summed E-state index contributed by atoms with van der Waals surface area (Å²) in [6.07, 6.45) is 5.19. The fourth-order valence-corrected chi connectivity index (χ4v) is 1.90. The summed E-state index contributed by atoms with van der Waals surface area (Å²) in [6, 6.07) is 0.426. The average Bonchev–Trinajstić information content (AvgIpc) is 2.26. The van der Waals surface area contributed by atoms with Crippen molar-refractivity contribution in [2.75, 3.05) is 19.6 Å². The van der Waals surface area contributed by atoms with Crippen LogP contribution in [0.2, 0.25) is 0 Å². The van der Waals surface area contributed by atoms with E-state index in [9.17, 15) is 0 Å². The Kier molecular flexibility index (Phi) is 4.74. The summed E-state index contributed by atoms with van der Waals surface area (Å²) in [5.74, 6) is 0.819. The van der Waals surface area contributed by atoms with Gasteiger partial charge in [0.15, 0.2) is 0 Å². The van der Waals surface area contributed by atoms with E-state index >= 15 is 0 Å². The van der Waals surface area contributed by atoms with Crippen LogP contribution in [0.5, 0.6) is 0 Å². The van der Waals surface area contributed by atoms with Crippen molar-refractivity contribution in [2.24, 2.45) is 11.7 Å². The minimum absolute atomic E-state index is 0.426. The van der Waals surface area contributed by atoms with E-state index in [2.05, 4.69) is 18.7 Å². The van der Waals surface area contributed by atoms with E-state index in [4.69, 9.17) is 5.73 Å². The van der Waals surface area contributed by atoms with Gasteiger partial charge in [-0.2, -0.15) is 0 Å². The van der Waals surface area contributed by atoms with Crippen molar-refractivity contribution in [2.45, 2.75) is 45.6 Å². The lowest BCUT2D eigenvalue weighted by atomic mass is 10.1. The third-order valence-corrected chi connectivity index (χ3v) is 2.81. The number of hydrogen-bond acceptors (Lipinski definition) is 2. The summed E-state index contributed by atoms with van der Waals surface area (Å²) in [7, 11) is 0. The second-order valence-corrected chi connectivity index (χ2v) is 4.74. The highest BCUT2D eigenvalue weighted by Gasteiger charge is 2.14. The summed E-state index contributed by atoms with van der Waals surface area (Å²) in [5, 5.41) is 0. The average molecular weight is 184 g/mol. The Balaban J connectivity index is 2.22. The topological polar surface area (TPSA) is 29.3 Å². The molecule has 0 aromatic rings. The Morgan fingerprint density at radius 2 is 2.15 bits per heavy atom. The number of nitrogens with two attached hydrogens (primary N) is 1. The minimum Gasteiger partial charge on any atom is -0.327 e. The normalized spacial score (nSPS) is 26.3. The third kappa shape index (κ3) is 4.63. The third-order valence-electron chi connectivity index (χ3n) is 2.81. The van der Waals surface area contributed by atoms with Crippen LogP contribution in [-0.2, 0) is 0 Å². The van der Waals surface area contributed by atoms with Crippen LogP contribution < -0.4 is 5.73 Å². The Labute approximate surface area is 82.5 Å². The SMILES string of the molecule is CC(C)CCN1CCCCC(N)C1. The van der Waals surface area contributed by atoms with E-state index in [0.717, 1.165) is 12.5 Å². The Hall–Kier alpha value is -0.0800. The van der Waals surface area contributed by atoms with Gasteiger partial charge in [-0.25, -0.2) is 0 Å². The van der Waals surface area contributed by atoms with Crippen molar-refractivity contribution in [1.82, 2.24) is 4.90 Å². The fraction of sp³-hybridized carbons (Fsp3) is 1.00. The van der Waals surface area contributed by atoms with Gasteiger partial charge in [-0.3, -0.25) is 0 Å². The lowest BCUT2D eigenvalue weighted by molar-refractivity contribution is 0.257. The molecular weight excluding hydrogens is 160 g/mol. The summed E-state index contributed by atoms with van der Waals surface area (Å²) in [6.45, 7) is 8.20. The first-order valence-electron chi connectivity index (χ1n) is 5.66. The molecule has 0 spiro atoms. The highest BCUT2D eigenvalue weighted by atomic mass is 15.1. The molecule has 13 heavy (non-hydrogen) atoms. The van der Waals surface area contributed by atoms with Crippen LogP contribution in [0.4, 0.5) is 0 Å². The lowest BCUT2D eigenvalue weighted by Gasteiger charge is -2.22. The predicted molar refractivity (Wildman–Crippen MR) is 57.7 cm³/mol. The molecule has 2 nitrogen and oxygen atoms in total. The van der Waals surface area contributed by atoms with E-state index in [0.29, 0.717) is 6.04 Å². The van der Waals surface area contributed by atoms with Gasteiger partial charge in [-0.05, 0) is 38.3 Å². The molecule has 0 radical (unpaired) electrons. The van der Waals surface area contributed by atoms with Crippen LogP contribution in [0, 0.1) is 5.92 Å². The van der Waals surface area contributed by atoms with E-state index in [1.165, 1.54) is 38.8 Å². The smallest absolute Gasteiger partial charge is 0.0167 e. The maximum Gasteiger partial charge on any atom is 0.0167 e. The number of hydrogen-bond donors (Lipinski definition) is 1. The number of rotatable bonds is 3. The van der Waals surface area contributed by atoms with Crippen molar-refractivity contribution < 1.29 is 0 Å². The van der Waals surface area contributed by atoms with Crippen molar-refractivity contribution in [1.29, 1.82) is 0 Å². The molecule has 1 atom stereocenters. The second kappa shape index (κ2) is 5.61. The van der Waals surface area contributed by atoms with Crippen molar-refractivity contribution in [3.05, 3.63) is 0 Å². The quantitative estimate of drug-likeness (QED) is 0.725. The molecule has 0 aromatic carbocycles. The van der Waals surface area contributed by atoms with E-state index < -0.39 is 0 Å². The van der Waals surface area contributed by atoms with E-state index in [1.54, 1.807) is 0 Å². The maximum atomic E-state index is 5.99. The monoisotopic (exact) mass is 184 g/mol. The van der Waals surface area contributed by atoms with Crippen LogP contribution in [0.25, 0.3) is 0 Å². The Morgan fingerprint density at radius 3 is 2.85 bits per heavy atom. The van der Waals surface area contributed by atoms with Gasteiger partial charge in [0.2, 0.25) is 0 Å². The summed E-state index contributed by atoms with van der Waals surface area (Å²) in [5.41, 5.74) is 5.99. The molecule has 1 aliphatic rings. The lowest BCUT2D eigenvalue weighted by Crippen LogP contribution is -2.36. The highest BCUT2D eigenvalue weighted by Crippen LogP contribution is 2.10.